The van der Waals surface area contributed by atoms with Crippen LogP contribution in [0.5, 0.6) is 0 Å². The highest BCUT2D eigenvalue weighted by Crippen LogP contribution is 2.27. The second-order valence-electron chi connectivity index (χ2n) is 7.92. The molecule has 32 heavy (non-hydrogen) atoms. The molecule has 0 bridgehead atoms. The van der Waals surface area contributed by atoms with Gasteiger partial charge in [0, 0.05) is 44.5 Å². The number of ether oxygens (including phenoxy) is 1. The summed E-state index contributed by atoms with van der Waals surface area (Å²) in [7, 11) is 0. The molecule has 2 N–H and O–H groups in total. The largest absolute Gasteiger partial charge is 0.378 e. The van der Waals surface area contributed by atoms with Gasteiger partial charge in [-0.25, -0.2) is 14.8 Å². The summed E-state index contributed by atoms with van der Waals surface area (Å²) in [5, 5.41) is 16.0. The molecule has 2 saturated heterocycles. The van der Waals surface area contributed by atoms with Crippen LogP contribution in [-0.4, -0.2) is 78.5 Å². The average molecular weight is 437 g/mol. The van der Waals surface area contributed by atoms with E-state index in [9.17, 15) is 4.79 Å². The van der Waals surface area contributed by atoms with Crippen molar-refractivity contribution in [3.63, 3.8) is 0 Å². The summed E-state index contributed by atoms with van der Waals surface area (Å²) in [6.07, 6.45) is 2.85. The Morgan fingerprint density at radius 1 is 1.12 bits per heavy atom. The van der Waals surface area contributed by atoms with Gasteiger partial charge in [0.2, 0.25) is 0 Å². The minimum absolute atomic E-state index is 0.0401. The van der Waals surface area contributed by atoms with Gasteiger partial charge in [-0.3, -0.25) is 20.6 Å². The highest BCUT2D eigenvalue weighted by Gasteiger charge is 2.32. The van der Waals surface area contributed by atoms with E-state index in [1.807, 2.05) is 26.0 Å². The Bertz CT molecular complexity index is 1000. The van der Waals surface area contributed by atoms with E-state index < -0.39 is 0 Å². The number of urea groups is 1. The van der Waals surface area contributed by atoms with Gasteiger partial charge in [0.25, 0.3) is 0 Å². The number of nitrogens with zero attached hydrogens (tertiary/aromatic N) is 6. The topological polar surface area (TPSA) is 113 Å². The van der Waals surface area contributed by atoms with Crippen molar-refractivity contribution in [1.29, 1.82) is 10.8 Å². The highest BCUT2D eigenvalue weighted by molar-refractivity contribution is 6.06. The predicted octanol–water partition coefficient (Wildman–Crippen LogP) is 2.40. The third kappa shape index (κ3) is 4.26. The van der Waals surface area contributed by atoms with Gasteiger partial charge in [-0.15, -0.1) is 0 Å². The molecule has 0 aliphatic carbocycles. The highest BCUT2D eigenvalue weighted by atomic mass is 16.5. The van der Waals surface area contributed by atoms with Crippen molar-refractivity contribution >= 4 is 35.5 Å². The van der Waals surface area contributed by atoms with Crippen molar-refractivity contribution in [1.82, 2.24) is 14.9 Å². The molecule has 2 aliphatic heterocycles. The van der Waals surface area contributed by atoms with Crippen LogP contribution in [0, 0.1) is 10.8 Å². The molecule has 0 unspecified atom stereocenters. The number of amidine groups is 1. The first kappa shape index (κ1) is 21.7. The Balaban J connectivity index is 1.53. The molecule has 2 amide bonds. The Hall–Kier alpha value is -3.53. The molecular weight excluding hydrogens is 408 g/mol. The first-order valence-corrected chi connectivity index (χ1v) is 10.7. The number of anilines is 3. The number of carbonyl (C=O) groups excluding carboxylic acids is 1. The van der Waals surface area contributed by atoms with Crippen LogP contribution in [0.15, 0.2) is 36.5 Å². The summed E-state index contributed by atoms with van der Waals surface area (Å²) in [5.74, 6) is 1.46. The molecule has 0 atom stereocenters. The SMILES string of the molecule is CC(C)N(C=N)C(=N)c1cccc(N2CCN(c3ccnc(N4CCOCC4)c3)C2=O)n1. The van der Waals surface area contributed by atoms with Crippen molar-refractivity contribution in [2.24, 2.45) is 0 Å². The van der Waals surface area contributed by atoms with Crippen LogP contribution in [0.1, 0.15) is 19.5 Å². The summed E-state index contributed by atoms with van der Waals surface area (Å²) in [4.78, 5) is 29.3. The molecule has 10 nitrogen and oxygen atoms in total. The van der Waals surface area contributed by atoms with Crippen LogP contribution in [-0.2, 0) is 4.74 Å². The second-order valence-corrected chi connectivity index (χ2v) is 7.92. The van der Waals surface area contributed by atoms with Crippen LogP contribution in [0.25, 0.3) is 0 Å². The van der Waals surface area contributed by atoms with E-state index in [2.05, 4.69) is 14.9 Å². The van der Waals surface area contributed by atoms with Crippen molar-refractivity contribution in [2.75, 3.05) is 54.1 Å². The third-order valence-electron chi connectivity index (χ3n) is 5.59. The molecule has 2 aromatic heterocycles. The number of nitrogens with one attached hydrogen (secondary N) is 2. The smallest absolute Gasteiger partial charge is 0.330 e. The Kier molecular flexibility index (Phi) is 6.31. The van der Waals surface area contributed by atoms with Gasteiger partial charge in [-0.2, -0.15) is 0 Å². The normalized spacial score (nSPS) is 16.6. The van der Waals surface area contributed by atoms with Crippen molar-refractivity contribution in [3.8, 4) is 0 Å². The zero-order valence-corrected chi connectivity index (χ0v) is 18.4. The first-order chi connectivity index (χ1) is 15.5. The average Bonchev–Trinajstić information content (AvgIpc) is 3.21. The summed E-state index contributed by atoms with van der Waals surface area (Å²) < 4.78 is 5.41. The summed E-state index contributed by atoms with van der Waals surface area (Å²) >= 11 is 0. The van der Waals surface area contributed by atoms with Crippen LogP contribution in [0.4, 0.5) is 22.1 Å². The maximum Gasteiger partial charge on any atom is 0.330 e. The molecule has 0 spiro atoms. The molecule has 4 heterocycles. The van der Waals surface area contributed by atoms with Gasteiger partial charge in [-0.05, 0) is 32.0 Å². The lowest BCUT2D eigenvalue weighted by Gasteiger charge is -2.28. The summed E-state index contributed by atoms with van der Waals surface area (Å²) in [6.45, 7) is 7.75. The monoisotopic (exact) mass is 436 g/mol. The van der Waals surface area contributed by atoms with Gasteiger partial charge >= 0.3 is 6.03 Å². The quantitative estimate of drug-likeness (QED) is 0.531. The minimum atomic E-state index is -0.159. The predicted molar refractivity (Wildman–Crippen MR) is 124 cm³/mol. The van der Waals surface area contributed by atoms with Crippen molar-refractivity contribution < 1.29 is 9.53 Å². The molecule has 2 aromatic rings. The number of aromatic nitrogens is 2. The van der Waals surface area contributed by atoms with Crippen molar-refractivity contribution in [3.05, 3.63) is 42.2 Å². The van der Waals surface area contributed by atoms with Crippen LogP contribution in [0.3, 0.4) is 0 Å². The molecule has 2 aliphatic rings. The van der Waals surface area contributed by atoms with Gasteiger partial charge in [0.1, 0.15) is 17.3 Å². The number of rotatable bonds is 6. The first-order valence-electron chi connectivity index (χ1n) is 10.7. The van der Waals surface area contributed by atoms with Gasteiger partial charge in [-0.1, -0.05) is 6.07 Å². The number of carbonyl (C=O) groups is 1. The molecule has 0 aromatic carbocycles. The fourth-order valence-corrected chi connectivity index (χ4v) is 3.84. The Morgan fingerprint density at radius 3 is 2.59 bits per heavy atom. The zero-order chi connectivity index (χ0) is 22.7. The lowest BCUT2D eigenvalue weighted by atomic mass is 10.2. The van der Waals surface area contributed by atoms with Gasteiger partial charge < -0.3 is 14.5 Å². The van der Waals surface area contributed by atoms with Crippen LogP contribution < -0.4 is 14.7 Å². The van der Waals surface area contributed by atoms with E-state index in [1.165, 1.54) is 4.90 Å². The van der Waals surface area contributed by atoms with Crippen LogP contribution in [0.2, 0.25) is 0 Å². The molecule has 0 saturated carbocycles. The van der Waals surface area contributed by atoms with E-state index in [-0.39, 0.29) is 17.9 Å². The number of amides is 2. The number of morpholine rings is 1. The molecule has 4 rings (SSSR count). The fraction of sp³-hybridized carbons (Fsp3) is 0.409. The van der Waals surface area contributed by atoms with E-state index in [0.717, 1.165) is 30.9 Å². The zero-order valence-electron chi connectivity index (χ0n) is 18.4. The lowest BCUT2D eigenvalue weighted by Crippen LogP contribution is -2.37. The second kappa shape index (κ2) is 9.31. The summed E-state index contributed by atoms with van der Waals surface area (Å²) in [6, 6.07) is 8.86. The molecule has 0 radical (unpaired) electrons. The fourth-order valence-electron chi connectivity index (χ4n) is 3.84. The maximum absolute atomic E-state index is 13.2. The van der Waals surface area contributed by atoms with E-state index in [4.69, 9.17) is 15.6 Å². The molecule has 2 fully saturated rings. The minimum Gasteiger partial charge on any atom is -0.378 e. The Morgan fingerprint density at radius 2 is 1.88 bits per heavy atom. The lowest BCUT2D eigenvalue weighted by molar-refractivity contribution is 0.122. The molecule has 168 valence electrons. The van der Waals surface area contributed by atoms with Gasteiger partial charge in [0.05, 0.1) is 25.2 Å². The molecule has 10 heteroatoms. The number of hydrogen-bond acceptors (Lipinski definition) is 7. The van der Waals surface area contributed by atoms with E-state index >= 15 is 0 Å². The Labute approximate surface area is 187 Å². The number of hydrogen-bond donors (Lipinski definition) is 2. The standard InChI is InChI=1S/C22H28N8O2/c1-16(2)30(15-23)21(24)18-4-3-5-19(26-18)29-9-8-28(22(29)31)17-6-7-25-20(14-17)27-10-12-32-13-11-27/h3-7,14-16,23-24H,8-13H2,1-2H3. The third-order valence-corrected chi connectivity index (χ3v) is 5.59. The van der Waals surface area contributed by atoms with E-state index in [0.29, 0.717) is 37.8 Å². The molecular formula is C22H28N8O2. The maximum atomic E-state index is 13.2. The van der Waals surface area contributed by atoms with Crippen LogP contribution >= 0.6 is 0 Å². The van der Waals surface area contributed by atoms with Crippen molar-refractivity contribution in [2.45, 2.75) is 19.9 Å². The van der Waals surface area contributed by atoms with E-state index in [1.54, 1.807) is 34.2 Å². The van der Waals surface area contributed by atoms with Gasteiger partial charge in [0.15, 0.2) is 5.84 Å². The number of pyridine rings is 2. The summed E-state index contributed by atoms with van der Waals surface area (Å²) in [5.41, 5.74) is 1.22.